The molecule has 0 heterocycles. The third-order valence-corrected chi connectivity index (χ3v) is 1.21. The molecule has 5 nitrogen and oxygen atoms in total. The molecule has 0 bridgehead atoms. The lowest BCUT2D eigenvalue weighted by Gasteiger charge is -2.20. The van der Waals surface area contributed by atoms with Crippen molar-refractivity contribution in [3.05, 3.63) is 0 Å². The summed E-state index contributed by atoms with van der Waals surface area (Å²) in [6.45, 7) is 5.28. The molecule has 80 valence electrons. The number of ether oxygens (including phenoxy) is 1. The average molecular weight is 200 g/mol. The minimum absolute atomic E-state index is 0.00417. The lowest BCUT2D eigenvalue weighted by Crippen LogP contribution is -2.36. The van der Waals surface area contributed by atoms with Gasteiger partial charge in [0.05, 0.1) is 18.6 Å². The van der Waals surface area contributed by atoms with Crippen LogP contribution in [-0.2, 0) is 4.74 Å². The van der Waals surface area contributed by atoms with Crippen molar-refractivity contribution >= 4 is 6.09 Å². The largest absolute Gasteiger partial charge is 0.444 e. The highest BCUT2D eigenvalue weighted by Gasteiger charge is 2.16. The second-order valence-corrected chi connectivity index (χ2v) is 3.90. The van der Waals surface area contributed by atoms with E-state index in [2.05, 4.69) is 5.32 Å². The summed E-state index contributed by atoms with van der Waals surface area (Å²) >= 11 is 0. The number of nitrogens with zero attached hydrogens (tertiary/aromatic N) is 1. The molecule has 0 aliphatic heterocycles. The van der Waals surface area contributed by atoms with Gasteiger partial charge in [-0.1, -0.05) is 0 Å². The predicted octanol–water partition coefficient (Wildman–Crippen LogP) is 0.786. The van der Waals surface area contributed by atoms with Gasteiger partial charge in [0.2, 0.25) is 0 Å². The standard InChI is InChI=1S/C9H16N2O3/c1-9(2,3)14-8(13)11-6-7(12)4-5-10/h7,12H,4,6H2,1-3H3,(H,11,13). The quantitative estimate of drug-likeness (QED) is 0.705. The van der Waals surface area contributed by atoms with Crippen molar-refractivity contribution in [3.63, 3.8) is 0 Å². The number of hydrogen-bond donors (Lipinski definition) is 2. The van der Waals surface area contributed by atoms with Gasteiger partial charge in [-0.2, -0.15) is 5.26 Å². The monoisotopic (exact) mass is 200 g/mol. The number of rotatable bonds is 3. The Balaban J connectivity index is 3.71. The minimum Gasteiger partial charge on any atom is -0.444 e. The minimum atomic E-state index is -0.840. The highest BCUT2D eigenvalue weighted by molar-refractivity contribution is 5.67. The van der Waals surface area contributed by atoms with Crippen molar-refractivity contribution in [3.8, 4) is 6.07 Å². The van der Waals surface area contributed by atoms with Crippen LogP contribution in [0.1, 0.15) is 27.2 Å². The molecule has 1 atom stereocenters. The second kappa shape index (κ2) is 5.45. The first kappa shape index (κ1) is 12.7. The van der Waals surface area contributed by atoms with Crippen molar-refractivity contribution in [1.82, 2.24) is 5.32 Å². The van der Waals surface area contributed by atoms with Crippen LogP contribution in [0.5, 0.6) is 0 Å². The van der Waals surface area contributed by atoms with Gasteiger partial charge in [0, 0.05) is 6.54 Å². The van der Waals surface area contributed by atoms with Gasteiger partial charge in [0.25, 0.3) is 0 Å². The van der Waals surface area contributed by atoms with Crippen LogP contribution in [0, 0.1) is 11.3 Å². The summed E-state index contributed by atoms with van der Waals surface area (Å²) in [7, 11) is 0. The van der Waals surface area contributed by atoms with E-state index in [1.165, 1.54) is 0 Å². The van der Waals surface area contributed by atoms with Crippen LogP contribution in [0.15, 0.2) is 0 Å². The molecule has 14 heavy (non-hydrogen) atoms. The van der Waals surface area contributed by atoms with Gasteiger partial charge in [-0.15, -0.1) is 0 Å². The summed E-state index contributed by atoms with van der Waals surface area (Å²) in [5.74, 6) is 0. The Morgan fingerprint density at radius 1 is 1.64 bits per heavy atom. The Labute approximate surface area is 83.7 Å². The van der Waals surface area contributed by atoms with E-state index in [1.807, 2.05) is 0 Å². The molecular weight excluding hydrogens is 184 g/mol. The smallest absolute Gasteiger partial charge is 0.407 e. The molecular formula is C9H16N2O3. The van der Waals surface area contributed by atoms with Crippen LogP contribution < -0.4 is 5.32 Å². The highest BCUT2D eigenvalue weighted by Crippen LogP contribution is 2.06. The maximum Gasteiger partial charge on any atom is 0.407 e. The molecule has 0 rings (SSSR count). The van der Waals surface area contributed by atoms with Crippen molar-refractivity contribution in [2.24, 2.45) is 0 Å². The van der Waals surface area contributed by atoms with E-state index in [1.54, 1.807) is 26.8 Å². The fourth-order valence-corrected chi connectivity index (χ4v) is 0.693. The van der Waals surface area contributed by atoms with Crippen LogP contribution in [0.4, 0.5) is 4.79 Å². The lowest BCUT2D eigenvalue weighted by molar-refractivity contribution is 0.0493. The molecule has 0 saturated heterocycles. The maximum atomic E-state index is 11.0. The van der Waals surface area contributed by atoms with E-state index >= 15 is 0 Å². The Morgan fingerprint density at radius 3 is 2.64 bits per heavy atom. The van der Waals surface area contributed by atoms with Gasteiger partial charge >= 0.3 is 6.09 Å². The van der Waals surface area contributed by atoms with Crippen molar-refractivity contribution in [2.45, 2.75) is 38.9 Å². The zero-order valence-electron chi connectivity index (χ0n) is 8.70. The summed E-state index contributed by atoms with van der Waals surface area (Å²) in [5, 5.41) is 19.7. The molecule has 2 N–H and O–H groups in total. The number of hydrogen-bond acceptors (Lipinski definition) is 4. The van der Waals surface area contributed by atoms with E-state index in [4.69, 9.17) is 15.1 Å². The Hall–Kier alpha value is -1.28. The molecule has 0 aliphatic carbocycles. The second-order valence-electron chi connectivity index (χ2n) is 3.90. The van der Waals surface area contributed by atoms with Gasteiger partial charge in [-0.05, 0) is 20.8 Å². The maximum absolute atomic E-state index is 11.0. The van der Waals surface area contributed by atoms with E-state index in [0.717, 1.165) is 0 Å². The van der Waals surface area contributed by atoms with Gasteiger partial charge < -0.3 is 15.2 Å². The molecule has 0 spiro atoms. The first-order valence-corrected chi connectivity index (χ1v) is 4.37. The van der Waals surface area contributed by atoms with Crippen LogP contribution in [-0.4, -0.2) is 29.4 Å². The zero-order valence-corrected chi connectivity index (χ0v) is 8.70. The summed E-state index contributed by atoms with van der Waals surface area (Å²) in [6.07, 6.45) is -1.43. The molecule has 5 heteroatoms. The molecule has 0 aromatic rings. The van der Waals surface area contributed by atoms with Crippen LogP contribution in [0.2, 0.25) is 0 Å². The Bertz CT molecular complexity index is 227. The number of nitrogens with one attached hydrogen (secondary N) is 1. The third-order valence-electron chi connectivity index (χ3n) is 1.21. The summed E-state index contributed by atoms with van der Waals surface area (Å²) in [5.41, 5.74) is -0.551. The molecule has 1 amide bonds. The number of alkyl carbamates (subject to hydrolysis) is 1. The highest BCUT2D eigenvalue weighted by atomic mass is 16.6. The Kier molecular flexibility index (Phi) is 4.95. The predicted molar refractivity (Wildman–Crippen MR) is 50.5 cm³/mol. The lowest BCUT2D eigenvalue weighted by atomic mass is 10.2. The van der Waals surface area contributed by atoms with Crippen LogP contribution in [0.3, 0.4) is 0 Å². The van der Waals surface area contributed by atoms with Crippen molar-refractivity contribution < 1.29 is 14.6 Å². The number of nitriles is 1. The SMILES string of the molecule is CC(C)(C)OC(=O)NCC(O)CC#N. The van der Waals surface area contributed by atoms with E-state index < -0.39 is 17.8 Å². The van der Waals surface area contributed by atoms with E-state index in [-0.39, 0.29) is 13.0 Å². The molecule has 0 saturated carbocycles. The molecule has 0 aliphatic rings. The van der Waals surface area contributed by atoms with E-state index in [0.29, 0.717) is 0 Å². The summed E-state index contributed by atoms with van der Waals surface area (Å²) < 4.78 is 4.92. The topological polar surface area (TPSA) is 82.3 Å². The van der Waals surface area contributed by atoms with Gasteiger partial charge in [-0.25, -0.2) is 4.79 Å². The third kappa shape index (κ3) is 7.37. The van der Waals surface area contributed by atoms with Crippen molar-refractivity contribution in [1.29, 1.82) is 5.26 Å². The molecule has 0 radical (unpaired) electrons. The molecule has 0 fully saturated rings. The van der Waals surface area contributed by atoms with Crippen LogP contribution in [0.25, 0.3) is 0 Å². The number of carbonyl (C=O) groups excluding carboxylic acids is 1. The number of amides is 1. The molecule has 0 aromatic heterocycles. The molecule has 0 aromatic carbocycles. The fraction of sp³-hybridized carbons (Fsp3) is 0.778. The van der Waals surface area contributed by atoms with Crippen LogP contribution >= 0.6 is 0 Å². The Morgan fingerprint density at radius 2 is 2.21 bits per heavy atom. The summed E-state index contributed by atoms with van der Waals surface area (Å²) in [6, 6.07) is 1.80. The number of carbonyl (C=O) groups is 1. The number of aliphatic hydroxyl groups is 1. The molecule has 1 unspecified atom stereocenters. The van der Waals surface area contributed by atoms with Gasteiger partial charge in [-0.3, -0.25) is 0 Å². The first-order chi connectivity index (χ1) is 6.35. The van der Waals surface area contributed by atoms with Gasteiger partial charge in [0.1, 0.15) is 5.60 Å². The fourth-order valence-electron chi connectivity index (χ4n) is 0.693. The number of aliphatic hydroxyl groups excluding tert-OH is 1. The van der Waals surface area contributed by atoms with Crippen molar-refractivity contribution in [2.75, 3.05) is 6.54 Å². The zero-order chi connectivity index (χ0) is 11.2. The van der Waals surface area contributed by atoms with E-state index in [9.17, 15) is 4.79 Å². The average Bonchev–Trinajstić information content (AvgIpc) is 1.98. The van der Waals surface area contributed by atoms with Gasteiger partial charge in [0.15, 0.2) is 0 Å². The summed E-state index contributed by atoms with van der Waals surface area (Å²) in [4.78, 5) is 11.0. The first-order valence-electron chi connectivity index (χ1n) is 4.37. The normalized spacial score (nSPS) is 12.8.